The second kappa shape index (κ2) is 10.3. The summed E-state index contributed by atoms with van der Waals surface area (Å²) < 4.78 is 0. The zero-order valence-electron chi connectivity index (χ0n) is 15.3. The number of nitrogens with zero attached hydrogens (tertiary/aromatic N) is 1. The molecule has 0 radical (unpaired) electrons. The zero-order valence-corrected chi connectivity index (χ0v) is 15.3. The first kappa shape index (κ1) is 18.7. The van der Waals surface area contributed by atoms with Crippen molar-refractivity contribution in [2.45, 2.75) is 84.0 Å². The van der Waals surface area contributed by atoms with Gasteiger partial charge < -0.3 is 0 Å². The van der Waals surface area contributed by atoms with Crippen molar-refractivity contribution in [1.29, 1.82) is 0 Å². The molecule has 0 heterocycles. The molecule has 1 saturated carbocycles. The van der Waals surface area contributed by atoms with Crippen LogP contribution in [0.15, 0.2) is 29.4 Å². The molecule has 24 heavy (non-hydrogen) atoms. The molecule has 1 aromatic carbocycles. The van der Waals surface area contributed by atoms with Crippen molar-refractivity contribution in [3.8, 4) is 0 Å². The molecule has 1 N–H and O–H groups in total. The smallest absolute Gasteiger partial charge is 0.240 e. The molecule has 0 saturated heterocycles. The monoisotopic (exact) mass is 328 g/mol. The Morgan fingerprint density at radius 3 is 2.46 bits per heavy atom. The molecule has 0 aromatic heterocycles. The van der Waals surface area contributed by atoms with Crippen LogP contribution in [-0.4, -0.2) is 11.6 Å². The SMILES string of the molecule is CCCCCCC(=O)N/N=C(\C)c1ccc(C2CCCCC2)cc1. The summed E-state index contributed by atoms with van der Waals surface area (Å²) in [5, 5.41) is 4.25. The van der Waals surface area contributed by atoms with Crippen LogP contribution in [0, 0.1) is 0 Å². The first-order chi connectivity index (χ1) is 11.7. The maximum Gasteiger partial charge on any atom is 0.240 e. The van der Waals surface area contributed by atoms with Crippen LogP contribution in [0.4, 0.5) is 0 Å². The molecule has 2 rings (SSSR count). The number of hydrogen-bond donors (Lipinski definition) is 1. The Hall–Kier alpha value is -1.64. The highest BCUT2D eigenvalue weighted by molar-refractivity contribution is 5.99. The molecule has 0 aliphatic heterocycles. The second-order valence-electron chi connectivity index (χ2n) is 7.00. The number of unbranched alkanes of at least 4 members (excludes halogenated alkanes) is 3. The topological polar surface area (TPSA) is 41.5 Å². The van der Waals surface area contributed by atoms with E-state index in [1.807, 2.05) is 6.92 Å². The van der Waals surface area contributed by atoms with Gasteiger partial charge in [-0.15, -0.1) is 0 Å². The number of rotatable bonds is 8. The predicted molar refractivity (Wildman–Crippen MR) is 101 cm³/mol. The summed E-state index contributed by atoms with van der Waals surface area (Å²) >= 11 is 0. The summed E-state index contributed by atoms with van der Waals surface area (Å²) in [5.41, 5.74) is 6.09. The highest BCUT2D eigenvalue weighted by Crippen LogP contribution is 2.32. The number of nitrogens with one attached hydrogen (secondary N) is 1. The Balaban J connectivity index is 1.82. The van der Waals surface area contributed by atoms with Crippen LogP contribution in [-0.2, 0) is 4.79 Å². The molecule has 0 unspecified atom stereocenters. The van der Waals surface area contributed by atoms with E-state index in [2.05, 4.69) is 41.7 Å². The van der Waals surface area contributed by atoms with E-state index in [0.717, 1.165) is 30.0 Å². The normalized spacial score (nSPS) is 16.2. The molecular formula is C21H32N2O. The molecule has 1 aliphatic rings. The minimum Gasteiger partial charge on any atom is -0.273 e. The van der Waals surface area contributed by atoms with Crippen molar-refractivity contribution >= 4 is 11.6 Å². The van der Waals surface area contributed by atoms with E-state index in [0.29, 0.717) is 6.42 Å². The van der Waals surface area contributed by atoms with E-state index in [1.54, 1.807) is 0 Å². The van der Waals surface area contributed by atoms with Crippen LogP contribution < -0.4 is 5.43 Å². The number of carbonyl (C=O) groups excluding carboxylic acids is 1. The van der Waals surface area contributed by atoms with E-state index in [4.69, 9.17) is 0 Å². The molecule has 132 valence electrons. The van der Waals surface area contributed by atoms with Crippen LogP contribution in [0.5, 0.6) is 0 Å². The van der Waals surface area contributed by atoms with Gasteiger partial charge in [-0.2, -0.15) is 5.10 Å². The van der Waals surface area contributed by atoms with Crippen molar-refractivity contribution in [2.75, 3.05) is 0 Å². The molecule has 0 bridgehead atoms. The Morgan fingerprint density at radius 1 is 1.08 bits per heavy atom. The Bertz CT molecular complexity index is 527. The van der Waals surface area contributed by atoms with E-state index in [9.17, 15) is 4.79 Å². The first-order valence-corrected chi connectivity index (χ1v) is 9.64. The lowest BCUT2D eigenvalue weighted by molar-refractivity contribution is -0.121. The maximum atomic E-state index is 11.8. The van der Waals surface area contributed by atoms with Gasteiger partial charge in [-0.3, -0.25) is 4.79 Å². The predicted octanol–water partition coefficient (Wildman–Crippen LogP) is 5.54. The van der Waals surface area contributed by atoms with Gasteiger partial charge in [0.25, 0.3) is 0 Å². The molecule has 1 fully saturated rings. The van der Waals surface area contributed by atoms with Gasteiger partial charge in [0, 0.05) is 6.42 Å². The highest BCUT2D eigenvalue weighted by atomic mass is 16.2. The molecule has 1 aromatic rings. The molecule has 1 amide bonds. The first-order valence-electron chi connectivity index (χ1n) is 9.64. The van der Waals surface area contributed by atoms with Gasteiger partial charge in [-0.1, -0.05) is 69.7 Å². The number of benzene rings is 1. The third kappa shape index (κ3) is 6.10. The summed E-state index contributed by atoms with van der Waals surface area (Å²) in [6, 6.07) is 8.74. The third-order valence-corrected chi connectivity index (χ3v) is 5.01. The minimum absolute atomic E-state index is 0.0179. The van der Waals surface area contributed by atoms with E-state index in [-0.39, 0.29) is 5.91 Å². The van der Waals surface area contributed by atoms with Gasteiger partial charge in [0.15, 0.2) is 0 Å². The standard InChI is InChI=1S/C21H32N2O/c1-3-4-5-9-12-21(24)23-22-17(2)18-13-15-20(16-14-18)19-10-7-6-8-11-19/h13-16,19H,3-12H2,1-2H3,(H,23,24)/b22-17+. The zero-order chi connectivity index (χ0) is 17.2. The fourth-order valence-corrected chi connectivity index (χ4v) is 3.41. The minimum atomic E-state index is 0.0179. The molecule has 3 nitrogen and oxygen atoms in total. The average molecular weight is 329 g/mol. The lowest BCUT2D eigenvalue weighted by Gasteiger charge is -2.22. The lowest BCUT2D eigenvalue weighted by Crippen LogP contribution is -2.18. The number of carbonyl (C=O) groups is 1. The fraction of sp³-hybridized carbons (Fsp3) is 0.619. The van der Waals surface area contributed by atoms with Gasteiger partial charge in [0.05, 0.1) is 5.71 Å². The summed E-state index contributed by atoms with van der Waals surface area (Å²) in [5.74, 6) is 0.747. The van der Waals surface area contributed by atoms with Crippen molar-refractivity contribution in [1.82, 2.24) is 5.43 Å². The van der Waals surface area contributed by atoms with E-state index >= 15 is 0 Å². The van der Waals surface area contributed by atoms with Gasteiger partial charge in [0.2, 0.25) is 5.91 Å². The molecule has 1 aliphatic carbocycles. The molecule has 0 spiro atoms. The summed E-state index contributed by atoms with van der Waals surface area (Å²) in [6.07, 6.45) is 11.8. The van der Waals surface area contributed by atoms with Crippen LogP contribution in [0.25, 0.3) is 0 Å². The van der Waals surface area contributed by atoms with Crippen molar-refractivity contribution < 1.29 is 4.79 Å². The number of amides is 1. The molecular weight excluding hydrogens is 296 g/mol. The number of hydrogen-bond acceptors (Lipinski definition) is 2. The molecule has 3 heteroatoms. The summed E-state index contributed by atoms with van der Waals surface area (Å²) in [6.45, 7) is 4.13. The lowest BCUT2D eigenvalue weighted by atomic mass is 9.84. The van der Waals surface area contributed by atoms with E-state index in [1.165, 1.54) is 50.5 Å². The summed E-state index contributed by atoms with van der Waals surface area (Å²) in [7, 11) is 0. The van der Waals surface area contributed by atoms with Gasteiger partial charge in [-0.05, 0) is 43.2 Å². The van der Waals surface area contributed by atoms with Gasteiger partial charge in [-0.25, -0.2) is 5.43 Å². The number of hydrazone groups is 1. The van der Waals surface area contributed by atoms with Crippen LogP contribution in [0.2, 0.25) is 0 Å². The summed E-state index contributed by atoms with van der Waals surface area (Å²) in [4.78, 5) is 11.8. The van der Waals surface area contributed by atoms with Crippen LogP contribution in [0.3, 0.4) is 0 Å². The Labute approximate surface area is 146 Å². The van der Waals surface area contributed by atoms with Crippen LogP contribution in [0.1, 0.15) is 95.1 Å². The Kier molecular flexibility index (Phi) is 8.00. The fourth-order valence-electron chi connectivity index (χ4n) is 3.41. The van der Waals surface area contributed by atoms with Crippen molar-refractivity contribution in [3.63, 3.8) is 0 Å². The van der Waals surface area contributed by atoms with Gasteiger partial charge >= 0.3 is 0 Å². The third-order valence-electron chi connectivity index (χ3n) is 5.01. The van der Waals surface area contributed by atoms with E-state index < -0.39 is 0 Å². The van der Waals surface area contributed by atoms with Gasteiger partial charge in [0.1, 0.15) is 0 Å². The maximum absolute atomic E-state index is 11.8. The van der Waals surface area contributed by atoms with Crippen molar-refractivity contribution in [2.24, 2.45) is 5.10 Å². The second-order valence-corrected chi connectivity index (χ2v) is 7.00. The Morgan fingerprint density at radius 2 is 1.79 bits per heavy atom. The van der Waals surface area contributed by atoms with Crippen molar-refractivity contribution in [3.05, 3.63) is 35.4 Å². The van der Waals surface area contributed by atoms with Crippen LogP contribution >= 0.6 is 0 Å². The average Bonchev–Trinajstić information content (AvgIpc) is 2.64. The highest BCUT2D eigenvalue weighted by Gasteiger charge is 2.15. The largest absolute Gasteiger partial charge is 0.273 e. The molecule has 0 atom stereocenters. The quantitative estimate of drug-likeness (QED) is 0.380.